The van der Waals surface area contributed by atoms with Gasteiger partial charge in [0.1, 0.15) is 17.2 Å². The van der Waals surface area contributed by atoms with E-state index in [1.165, 1.54) is 12.1 Å². The van der Waals surface area contributed by atoms with Crippen LogP contribution in [0.3, 0.4) is 0 Å². The highest BCUT2D eigenvalue weighted by atomic mass is 79.9. The molecular formula is C14H13BrFN3O2. The summed E-state index contributed by atoms with van der Waals surface area (Å²) < 4.78 is 18.9. The van der Waals surface area contributed by atoms with Gasteiger partial charge in [-0.2, -0.15) is 0 Å². The molecule has 1 heterocycles. The van der Waals surface area contributed by atoms with E-state index in [0.717, 1.165) is 0 Å². The van der Waals surface area contributed by atoms with Gasteiger partial charge in [-0.25, -0.2) is 19.2 Å². The molecule has 7 heteroatoms. The van der Waals surface area contributed by atoms with Gasteiger partial charge in [0.15, 0.2) is 5.82 Å². The third kappa shape index (κ3) is 3.18. The van der Waals surface area contributed by atoms with Crippen LogP contribution in [0.25, 0.3) is 11.4 Å². The molecule has 2 N–H and O–H groups in total. The van der Waals surface area contributed by atoms with Crippen molar-refractivity contribution in [1.29, 1.82) is 0 Å². The van der Waals surface area contributed by atoms with Crippen molar-refractivity contribution in [2.75, 3.05) is 12.3 Å². The van der Waals surface area contributed by atoms with Gasteiger partial charge in [0.2, 0.25) is 0 Å². The van der Waals surface area contributed by atoms with E-state index in [2.05, 4.69) is 25.9 Å². The largest absolute Gasteiger partial charge is 0.462 e. The molecule has 0 spiro atoms. The number of nitrogen functional groups attached to an aromatic ring is 1. The lowest BCUT2D eigenvalue weighted by Crippen LogP contribution is -2.13. The molecule has 0 amide bonds. The zero-order valence-corrected chi connectivity index (χ0v) is 13.1. The molecule has 0 fully saturated rings. The van der Waals surface area contributed by atoms with Crippen molar-refractivity contribution < 1.29 is 13.9 Å². The highest BCUT2D eigenvalue weighted by molar-refractivity contribution is 9.10. The van der Waals surface area contributed by atoms with Gasteiger partial charge in [-0.15, -0.1) is 0 Å². The lowest BCUT2D eigenvalue weighted by Gasteiger charge is -2.10. The van der Waals surface area contributed by atoms with E-state index in [1.807, 2.05) is 0 Å². The third-order valence-corrected chi connectivity index (χ3v) is 3.46. The predicted molar refractivity (Wildman–Crippen MR) is 80.2 cm³/mol. The molecule has 0 aliphatic heterocycles. The minimum Gasteiger partial charge on any atom is -0.462 e. The number of hydrogen-bond donors (Lipinski definition) is 1. The Morgan fingerprint density at radius 3 is 2.76 bits per heavy atom. The molecule has 0 aliphatic carbocycles. The van der Waals surface area contributed by atoms with Gasteiger partial charge in [0, 0.05) is 10.0 Å². The first-order chi connectivity index (χ1) is 9.93. The summed E-state index contributed by atoms with van der Waals surface area (Å²) >= 11 is 3.31. The number of esters is 1. The minimum atomic E-state index is -0.572. The maximum Gasteiger partial charge on any atom is 0.343 e. The normalized spacial score (nSPS) is 10.5. The predicted octanol–water partition coefficient (Wildman–Crippen LogP) is 3.11. The summed E-state index contributed by atoms with van der Waals surface area (Å²) in [6, 6.07) is 4.16. The number of carbonyl (C=O) groups excluding carboxylic acids is 1. The number of nitrogens with two attached hydrogens (primary N) is 1. The van der Waals surface area contributed by atoms with Crippen LogP contribution in [0.4, 0.5) is 10.2 Å². The zero-order chi connectivity index (χ0) is 15.6. The molecular weight excluding hydrogens is 341 g/mol. The lowest BCUT2D eigenvalue weighted by atomic mass is 10.1. The fraction of sp³-hybridized carbons (Fsp3) is 0.214. The highest BCUT2D eigenvalue weighted by Gasteiger charge is 2.19. The molecule has 0 bridgehead atoms. The van der Waals surface area contributed by atoms with Crippen LogP contribution in [0.2, 0.25) is 0 Å². The number of benzene rings is 1. The van der Waals surface area contributed by atoms with E-state index >= 15 is 0 Å². The molecule has 0 unspecified atom stereocenters. The first kappa shape index (κ1) is 15.4. The molecule has 1 aromatic heterocycles. The second kappa shape index (κ2) is 6.17. The lowest BCUT2D eigenvalue weighted by molar-refractivity contribution is 0.0526. The topological polar surface area (TPSA) is 78.1 Å². The molecule has 21 heavy (non-hydrogen) atoms. The Morgan fingerprint density at radius 1 is 1.43 bits per heavy atom. The van der Waals surface area contributed by atoms with Crippen molar-refractivity contribution in [2.24, 2.45) is 0 Å². The van der Waals surface area contributed by atoms with Gasteiger partial charge in [-0.3, -0.25) is 0 Å². The van der Waals surface area contributed by atoms with Crippen LogP contribution in [-0.2, 0) is 4.74 Å². The SMILES string of the molecule is CCOC(=O)c1c(C)nc(-c2cc(F)ccc2Br)nc1N. The molecule has 1 aromatic carbocycles. The number of aromatic nitrogens is 2. The van der Waals surface area contributed by atoms with Gasteiger partial charge < -0.3 is 10.5 Å². The second-order valence-electron chi connectivity index (χ2n) is 4.24. The van der Waals surface area contributed by atoms with Crippen molar-refractivity contribution in [3.63, 3.8) is 0 Å². The Kier molecular flexibility index (Phi) is 4.52. The second-order valence-corrected chi connectivity index (χ2v) is 5.09. The summed E-state index contributed by atoms with van der Waals surface area (Å²) in [5.74, 6) is -0.739. The van der Waals surface area contributed by atoms with Crippen molar-refractivity contribution in [2.45, 2.75) is 13.8 Å². The van der Waals surface area contributed by atoms with Gasteiger partial charge in [0.25, 0.3) is 0 Å². The van der Waals surface area contributed by atoms with E-state index in [1.54, 1.807) is 19.9 Å². The van der Waals surface area contributed by atoms with Crippen LogP contribution >= 0.6 is 15.9 Å². The van der Waals surface area contributed by atoms with Crippen LogP contribution in [0.5, 0.6) is 0 Å². The smallest absolute Gasteiger partial charge is 0.343 e. The number of ether oxygens (including phenoxy) is 1. The van der Waals surface area contributed by atoms with Crippen molar-refractivity contribution in [3.05, 3.63) is 39.7 Å². The average molecular weight is 354 g/mol. The summed E-state index contributed by atoms with van der Waals surface area (Å²) in [7, 11) is 0. The number of aryl methyl sites for hydroxylation is 1. The number of hydrogen-bond acceptors (Lipinski definition) is 5. The monoisotopic (exact) mass is 353 g/mol. The van der Waals surface area contributed by atoms with E-state index in [0.29, 0.717) is 15.7 Å². The number of rotatable bonds is 3. The summed E-state index contributed by atoms with van der Waals surface area (Å²) in [4.78, 5) is 20.1. The molecule has 0 aliphatic rings. The van der Waals surface area contributed by atoms with Crippen LogP contribution in [0.15, 0.2) is 22.7 Å². The van der Waals surface area contributed by atoms with Crippen LogP contribution in [0.1, 0.15) is 23.0 Å². The highest BCUT2D eigenvalue weighted by Crippen LogP contribution is 2.28. The van der Waals surface area contributed by atoms with Gasteiger partial charge in [-0.05, 0) is 32.0 Å². The molecule has 0 saturated carbocycles. The van der Waals surface area contributed by atoms with Crippen LogP contribution in [-0.4, -0.2) is 22.5 Å². The fourth-order valence-electron chi connectivity index (χ4n) is 1.84. The van der Waals surface area contributed by atoms with Gasteiger partial charge in [0.05, 0.1) is 12.3 Å². The van der Waals surface area contributed by atoms with Crippen molar-refractivity contribution in [3.8, 4) is 11.4 Å². The summed E-state index contributed by atoms with van der Waals surface area (Å²) in [5, 5.41) is 0. The molecule has 110 valence electrons. The summed E-state index contributed by atoms with van der Waals surface area (Å²) in [6.45, 7) is 3.55. The molecule has 2 rings (SSSR count). The molecule has 0 radical (unpaired) electrons. The Hall–Kier alpha value is -2.02. The van der Waals surface area contributed by atoms with Crippen molar-refractivity contribution >= 4 is 27.7 Å². The standard InChI is InChI=1S/C14H13BrFN3O2/c1-3-21-14(20)11-7(2)18-13(19-12(11)17)9-6-8(16)4-5-10(9)15/h4-6H,3H2,1-2H3,(H2,17,18,19). The van der Waals surface area contributed by atoms with Crippen molar-refractivity contribution in [1.82, 2.24) is 9.97 Å². The van der Waals surface area contributed by atoms with Gasteiger partial charge in [-0.1, -0.05) is 15.9 Å². The Balaban J connectivity index is 2.54. The van der Waals surface area contributed by atoms with E-state index in [4.69, 9.17) is 10.5 Å². The Labute approximate surface area is 129 Å². The number of anilines is 1. The molecule has 0 atom stereocenters. The Bertz CT molecular complexity index is 684. The van der Waals surface area contributed by atoms with E-state index in [-0.39, 0.29) is 23.8 Å². The quantitative estimate of drug-likeness (QED) is 0.857. The molecule has 5 nitrogen and oxygen atoms in total. The van der Waals surface area contributed by atoms with E-state index in [9.17, 15) is 9.18 Å². The number of halogens is 2. The van der Waals surface area contributed by atoms with E-state index < -0.39 is 11.8 Å². The molecule has 0 saturated heterocycles. The zero-order valence-electron chi connectivity index (χ0n) is 11.5. The first-order valence-electron chi connectivity index (χ1n) is 6.20. The molecule has 2 aromatic rings. The first-order valence-corrected chi connectivity index (χ1v) is 7.00. The maximum absolute atomic E-state index is 13.4. The average Bonchev–Trinajstić information content (AvgIpc) is 2.41. The Morgan fingerprint density at radius 2 is 2.14 bits per heavy atom. The van der Waals surface area contributed by atoms with Gasteiger partial charge >= 0.3 is 5.97 Å². The van der Waals surface area contributed by atoms with Crippen LogP contribution < -0.4 is 5.73 Å². The summed E-state index contributed by atoms with van der Waals surface area (Å²) in [6.07, 6.45) is 0. The maximum atomic E-state index is 13.4. The summed E-state index contributed by atoms with van der Waals surface area (Å²) in [5.41, 5.74) is 6.79. The fourth-order valence-corrected chi connectivity index (χ4v) is 2.26. The number of carbonyl (C=O) groups is 1. The van der Waals surface area contributed by atoms with Crippen LogP contribution in [0, 0.1) is 12.7 Å². The number of nitrogens with zero attached hydrogens (tertiary/aromatic N) is 2. The third-order valence-electron chi connectivity index (χ3n) is 2.77. The minimum absolute atomic E-state index is 0.00658.